The van der Waals surface area contributed by atoms with Crippen LogP contribution in [0.1, 0.15) is 15.4 Å². The molecule has 0 aliphatic rings. The summed E-state index contributed by atoms with van der Waals surface area (Å²) < 4.78 is 5.31. The lowest BCUT2D eigenvalue weighted by Crippen LogP contribution is -2.13. The third-order valence-corrected chi connectivity index (χ3v) is 3.32. The average molecular weight is 287 g/mol. The maximum absolute atomic E-state index is 12.0. The molecule has 9 heteroatoms. The first-order valence-corrected chi connectivity index (χ1v) is 6.44. The second-order valence-electron chi connectivity index (χ2n) is 3.85. The molecule has 100 valence electrons. The van der Waals surface area contributed by atoms with Gasteiger partial charge >= 0.3 is 0 Å². The predicted molar refractivity (Wildman–Crippen MR) is 71.8 cm³/mol. The van der Waals surface area contributed by atoms with E-state index in [4.69, 9.17) is 0 Å². The molecule has 0 saturated heterocycles. The van der Waals surface area contributed by atoms with Crippen molar-refractivity contribution in [2.45, 2.75) is 6.92 Å². The highest BCUT2D eigenvalue weighted by Crippen LogP contribution is 2.13. The van der Waals surface area contributed by atoms with Crippen LogP contribution in [-0.4, -0.2) is 35.2 Å². The quantitative estimate of drug-likeness (QED) is 0.773. The Bertz CT molecular complexity index is 737. The number of anilines is 1. The van der Waals surface area contributed by atoms with E-state index in [-0.39, 0.29) is 5.91 Å². The highest BCUT2D eigenvalue weighted by Gasteiger charge is 2.14. The van der Waals surface area contributed by atoms with Crippen LogP contribution < -0.4 is 5.32 Å². The molecule has 0 fully saturated rings. The third-order valence-electron chi connectivity index (χ3n) is 2.49. The minimum atomic E-state index is -0.289. The summed E-state index contributed by atoms with van der Waals surface area (Å²) in [7, 11) is 0. The van der Waals surface area contributed by atoms with Crippen molar-refractivity contribution in [2.24, 2.45) is 0 Å². The van der Waals surface area contributed by atoms with Gasteiger partial charge in [-0.1, -0.05) is 4.49 Å². The van der Waals surface area contributed by atoms with E-state index in [1.807, 2.05) is 0 Å². The summed E-state index contributed by atoms with van der Waals surface area (Å²) >= 11 is 1.04. The smallest absolute Gasteiger partial charge is 0.270 e. The summed E-state index contributed by atoms with van der Waals surface area (Å²) in [5.74, 6) is 0.672. The van der Waals surface area contributed by atoms with E-state index < -0.39 is 0 Å². The highest BCUT2D eigenvalue weighted by molar-refractivity contribution is 7.08. The summed E-state index contributed by atoms with van der Waals surface area (Å²) in [6.07, 6.45) is 4.77. The monoisotopic (exact) mass is 287 g/mol. The molecule has 0 saturated carbocycles. The van der Waals surface area contributed by atoms with E-state index in [1.54, 1.807) is 36.1 Å². The Hall–Kier alpha value is -2.68. The van der Waals surface area contributed by atoms with Crippen LogP contribution in [0.15, 0.2) is 30.9 Å². The van der Waals surface area contributed by atoms with Crippen molar-refractivity contribution < 1.29 is 4.79 Å². The fourth-order valence-electron chi connectivity index (χ4n) is 1.56. The number of carbonyl (C=O) groups is 1. The molecule has 0 aromatic carbocycles. The van der Waals surface area contributed by atoms with Gasteiger partial charge in [-0.2, -0.15) is 5.10 Å². The summed E-state index contributed by atoms with van der Waals surface area (Å²) in [6.45, 7) is 1.73. The molecule has 3 rings (SSSR count). The van der Waals surface area contributed by atoms with Gasteiger partial charge in [0, 0.05) is 18.5 Å². The Morgan fingerprint density at radius 2 is 2.30 bits per heavy atom. The summed E-state index contributed by atoms with van der Waals surface area (Å²) in [5.41, 5.74) is 0.592. The van der Waals surface area contributed by atoms with Crippen LogP contribution in [-0.2, 0) is 0 Å². The zero-order valence-electron chi connectivity index (χ0n) is 10.4. The second-order valence-corrected chi connectivity index (χ2v) is 4.61. The van der Waals surface area contributed by atoms with Gasteiger partial charge in [-0.15, -0.1) is 5.10 Å². The van der Waals surface area contributed by atoms with E-state index >= 15 is 0 Å². The van der Waals surface area contributed by atoms with Crippen LogP contribution in [0, 0.1) is 6.92 Å². The first-order valence-electron chi connectivity index (χ1n) is 5.66. The van der Waals surface area contributed by atoms with Gasteiger partial charge in [0.1, 0.15) is 17.0 Å². The number of aromatic nitrogens is 6. The molecule has 1 amide bonds. The molecule has 0 atom stereocenters. The Kier molecular flexibility index (Phi) is 3.17. The molecule has 0 spiro atoms. The van der Waals surface area contributed by atoms with Gasteiger partial charge < -0.3 is 5.32 Å². The van der Waals surface area contributed by atoms with E-state index in [1.165, 1.54) is 6.33 Å². The molecule has 0 radical (unpaired) electrons. The number of rotatable bonds is 3. The van der Waals surface area contributed by atoms with Crippen LogP contribution >= 0.6 is 11.5 Å². The van der Waals surface area contributed by atoms with Crippen LogP contribution in [0.2, 0.25) is 0 Å². The zero-order chi connectivity index (χ0) is 13.9. The van der Waals surface area contributed by atoms with Crippen molar-refractivity contribution in [3.63, 3.8) is 0 Å². The number of amides is 1. The maximum atomic E-state index is 12.0. The average Bonchev–Trinajstić information content (AvgIpc) is 3.09. The van der Waals surface area contributed by atoms with Crippen molar-refractivity contribution in [1.82, 2.24) is 29.3 Å². The normalized spacial score (nSPS) is 10.4. The largest absolute Gasteiger partial charge is 0.306 e. The van der Waals surface area contributed by atoms with Gasteiger partial charge in [0.25, 0.3) is 5.91 Å². The summed E-state index contributed by atoms with van der Waals surface area (Å²) in [4.78, 5) is 20.6. The van der Waals surface area contributed by atoms with Crippen LogP contribution in [0.3, 0.4) is 0 Å². The third kappa shape index (κ3) is 2.38. The Morgan fingerprint density at radius 1 is 1.40 bits per heavy atom. The molecule has 20 heavy (non-hydrogen) atoms. The van der Waals surface area contributed by atoms with E-state index in [0.29, 0.717) is 22.2 Å². The standard InChI is InChI=1S/C11H9N7OS/c1-7-10(20-17-16-7)11(19)15-8-5-9(13-6-12-8)18-4-2-3-14-18/h2-6H,1H3,(H,12,13,15,19). The highest BCUT2D eigenvalue weighted by atomic mass is 32.1. The maximum Gasteiger partial charge on any atom is 0.270 e. The Labute approximate surface area is 117 Å². The Morgan fingerprint density at radius 3 is 3.00 bits per heavy atom. The first-order chi connectivity index (χ1) is 9.74. The van der Waals surface area contributed by atoms with E-state index in [2.05, 4.69) is 30.0 Å². The number of hydrogen-bond donors (Lipinski definition) is 1. The fraction of sp³-hybridized carbons (Fsp3) is 0.0909. The van der Waals surface area contributed by atoms with Gasteiger partial charge in [0.05, 0.1) is 5.69 Å². The molecule has 3 aromatic heterocycles. The first kappa shape index (κ1) is 12.4. The summed E-state index contributed by atoms with van der Waals surface area (Å²) in [5, 5.41) is 10.6. The number of aryl methyl sites for hydroxylation is 1. The molecule has 0 aliphatic heterocycles. The lowest BCUT2D eigenvalue weighted by Gasteiger charge is -2.04. The minimum Gasteiger partial charge on any atom is -0.306 e. The molecule has 0 aliphatic carbocycles. The van der Waals surface area contributed by atoms with Gasteiger partial charge in [-0.05, 0) is 24.5 Å². The van der Waals surface area contributed by atoms with Gasteiger partial charge in [-0.3, -0.25) is 4.79 Å². The van der Waals surface area contributed by atoms with Crippen molar-refractivity contribution in [3.8, 4) is 5.82 Å². The lowest BCUT2D eigenvalue weighted by molar-refractivity contribution is 0.102. The fourth-order valence-corrected chi connectivity index (χ4v) is 2.11. The Balaban J connectivity index is 1.83. The van der Waals surface area contributed by atoms with Crippen molar-refractivity contribution in [3.05, 3.63) is 41.4 Å². The topological polar surface area (TPSA) is 98.5 Å². The minimum absolute atomic E-state index is 0.289. The van der Waals surface area contributed by atoms with Crippen molar-refractivity contribution in [2.75, 3.05) is 5.32 Å². The molecular formula is C11H9N7OS. The number of nitrogens with one attached hydrogen (secondary N) is 1. The molecule has 1 N–H and O–H groups in total. The molecule has 3 heterocycles. The van der Waals surface area contributed by atoms with E-state index in [0.717, 1.165) is 11.5 Å². The van der Waals surface area contributed by atoms with Crippen LogP contribution in [0.4, 0.5) is 5.82 Å². The molecular weight excluding hydrogens is 278 g/mol. The molecule has 8 nitrogen and oxygen atoms in total. The van der Waals surface area contributed by atoms with Crippen LogP contribution in [0.5, 0.6) is 0 Å². The van der Waals surface area contributed by atoms with Crippen molar-refractivity contribution >= 4 is 23.3 Å². The number of carbonyl (C=O) groups excluding carboxylic acids is 1. The molecule has 0 bridgehead atoms. The van der Waals surface area contributed by atoms with E-state index in [9.17, 15) is 4.79 Å². The van der Waals surface area contributed by atoms with Crippen molar-refractivity contribution in [1.29, 1.82) is 0 Å². The van der Waals surface area contributed by atoms with Gasteiger partial charge in [0.15, 0.2) is 5.82 Å². The molecule has 3 aromatic rings. The second kappa shape index (κ2) is 5.13. The molecule has 0 unspecified atom stereocenters. The zero-order valence-corrected chi connectivity index (χ0v) is 11.2. The lowest BCUT2D eigenvalue weighted by atomic mass is 10.4. The van der Waals surface area contributed by atoms with Gasteiger partial charge in [-0.25, -0.2) is 14.6 Å². The predicted octanol–water partition coefficient (Wildman–Crippen LogP) is 1.07. The number of nitrogens with zero attached hydrogens (tertiary/aromatic N) is 6. The number of hydrogen-bond acceptors (Lipinski definition) is 7. The van der Waals surface area contributed by atoms with Gasteiger partial charge in [0.2, 0.25) is 0 Å². The summed E-state index contributed by atoms with van der Waals surface area (Å²) in [6, 6.07) is 3.42. The van der Waals surface area contributed by atoms with Crippen LogP contribution in [0.25, 0.3) is 5.82 Å². The SMILES string of the molecule is Cc1nnsc1C(=O)Nc1cc(-n2cccn2)ncn1.